The van der Waals surface area contributed by atoms with Crippen molar-refractivity contribution >= 4 is 11.6 Å². The smallest absolute Gasteiger partial charge is 0.241 e. The molecule has 84 valence electrons. The van der Waals surface area contributed by atoms with E-state index >= 15 is 0 Å². The first kappa shape index (κ1) is 10.9. The molecule has 0 aliphatic heterocycles. The molecule has 16 heavy (non-hydrogen) atoms. The van der Waals surface area contributed by atoms with Crippen LogP contribution >= 0.6 is 11.6 Å². The average Bonchev–Trinajstić information content (AvgIpc) is 2.78. The second-order valence-corrected chi connectivity index (χ2v) is 3.26. The lowest BCUT2D eigenvalue weighted by atomic mass is 10.2. The molecule has 0 radical (unpaired) electrons. The maximum atomic E-state index is 13.5. The van der Waals surface area contributed by atoms with Crippen molar-refractivity contribution < 1.29 is 13.7 Å². The highest BCUT2D eigenvalue weighted by atomic mass is 35.5. The van der Waals surface area contributed by atoms with Gasteiger partial charge in [-0.1, -0.05) is 5.16 Å². The molecule has 0 N–H and O–H groups in total. The Bertz CT molecular complexity index is 501. The Morgan fingerprint density at radius 3 is 2.94 bits per heavy atom. The fraction of sp³-hybridized carbons (Fsp3) is 0.200. The molecule has 1 aromatic carbocycles. The summed E-state index contributed by atoms with van der Waals surface area (Å²) < 4.78 is 23.3. The standard InChI is InChI=1S/C10H8ClFN2O2/c1-15-6-2-3-8(12)7(4-6)10-13-9(5-11)16-14-10/h2-4H,5H2,1H3. The maximum Gasteiger partial charge on any atom is 0.241 e. The van der Waals surface area contributed by atoms with Crippen LogP contribution in [0.1, 0.15) is 5.89 Å². The summed E-state index contributed by atoms with van der Waals surface area (Å²) in [7, 11) is 1.50. The molecule has 0 spiro atoms. The van der Waals surface area contributed by atoms with E-state index in [1.165, 1.54) is 25.3 Å². The van der Waals surface area contributed by atoms with Crippen LogP contribution in [0.3, 0.4) is 0 Å². The first-order chi connectivity index (χ1) is 7.74. The monoisotopic (exact) mass is 242 g/mol. The van der Waals surface area contributed by atoms with E-state index < -0.39 is 5.82 Å². The molecule has 0 amide bonds. The number of ether oxygens (including phenoxy) is 1. The van der Waals surface area contributed by atoms with Crippen LogP contribution in [-0.2, 0) is 5.88 Å². The molecule has 0 unspecified atom stereocenters. The molecule has 1 aromatic heterocycles. The van der Waals surface area contributed by atoms with E-state index in [0.717, 1.165) is 0 Å². The molecule has 0 saturated heterocycles. The van der Waals surface area contributed by atoms with E-state index in [0.29, 0.717) is 5.75 Å². The van der Waals surface area contributed by atoms with Crippen LogP contribution in [0.25, 0.3) is 11.4 Å². The number of aromatic nitrogens is 2. The summed E-state index contributed by atoms with van der Waals surface area (Å²) in [5.74, 6) is 0.584. The molecule has 2 aromatic rings. The quantitative estimate of drug-likeness (QED) is 0.777. The van der Waals surface area contributed by atoms with Gasteiger partial charge in [0.15, 0.2) is 0 Å². The molecule has 4 nitrogen and oxygen atoms in total. The predicted molar refractivity (Wildman–Crippen MR) is 55.8 cm³/mol. The van der Waals surface area contributed by atoms with E-state index in [4.69, 9.17) is 20.9 Å². The zero-order chi connectivity index (χ0) is 11.5. The summed E-state index contributed by atoms with van der Waals surface area (Å²) in [5.41, 5.74) is 0.222. The van der Waals surface area contributed by atoms with Crippen molar-refractivity contribution in [3.05, 3.63) is 29.9 Å². The van der Waals surface area contributed by atoms with Gasteiger partial charge in [0.05, 0.1) is 12.7 Å². The molecule has 0 saturated carbocycles. The molecular weight excluding hydrogens is 235 g/mol. The number of benzene rings is 1. The van der Waals surface area contributed by atoms with Crippen LogP contribution in [0, 0.1) is 5.82 Å². The molecule has 6 heteroatoms. The maximum absolute atomic E-state index is 13.5. The van der Waals surface area contributed by atoms with Crippen molar-refractivity contribution in [2.75, 3.05) is 7.11 Å². The second kappa shape index (κ2) is 4.49. The predicted octanol–water partition coefficient (Wildman–Crippen LogP) is 2.62. The van der Waals surface area contributed by atoms with Crippen LogP contribution in [0.2, 0.25) is 0 Å². The Hall–Kier alpha value is -1.62. The van der Waals surface area contributed by atoms with Gasteiger partial charge in [0, 0.05) is 0 Å². The molecule has 0 aliphatic rings. The summed E-state index contributed by atoms with van der Waals surface area (Å²) >= 11 is 5.51. The first-order valence-corrected chi connectivity index (χ1v) is 5.00. The van der Waals surface area contributed by atoms with Crippen LogP contribution in [0.4, 0.5) is 4.39 Å². The highest BCUT2D eigenvalue weighted by Crippen LogP contribution is 2.24. The van der Waals surface area contributed by atoms with Crippen molar-refractivity contribution in [2.24, 2.45) is 0 Å². The molecule has 1 heterocycles. The Balaban J connectivity index is 2.45. The van der Waals surface area contributed by atoms with E-state index in [1.807, 2.05) is 0 Å². The number of halogens is 2. The third-order valence-electron chi connectivity index (χ3n) is 2.00. The van der Waals surface area contributed by atoms with Crippen molar-refractivity contribution in [3.8, 4) is 17.1 Å². The molecule has 2 rings (SSSR count). The van der Waals surface area contributed by atoms with Crippen molar-refractivity contribution in [2.45, 2.75) is 5.88 Å². The lowest BCUT2D eigenvalue weighted by molar-refractivity contribution is 0.390. The first-order valence-electron chi connectivity index (χ1n) is 4.47. The summed E-state index contributed by atoms with van der Waals surface area (Å²) in [5, 5.41) is 3.63. The van der Waals surface area contributed by atoms with Crippen LogP contribution in [0.5, 0.6) is 5.75 Å². The number of methoxy groups -OCH3 is 1. The topological polar surface area (TPSA) is 48.2 Å². The summed E-state index contributed by atoms with van der Waals surface area (Å²) in [6, 6.07) is 4.30. The summed E-state index contributed by atoms with van der Waals surface area (Å²) in [4.78, 5) is 3.93. The second-order valence-electron chi connectivity index (χ2n) is 2.99. The van der Waals surface area contributed by atoms with Gasteiger partial charge in [0.2, 0.25) is 11.7 Å². The highest BCUT2D eigenvalue weighted by Gasteiger charge is 2.13. The van der Waals surface area contributed by atoms with Crippen molar-refractivity contribution in [1.82, 2.24) is 10.1 Å². The number of hydrogen-bond donors (Lipinski definition) is 0. The zero-order valence-corrected chi connectivity index (χ0v) is 9.16. The van der Waals surface area contributed by atoms with Crippen LogP contribution < -0.4 is 4.74 Å². The lowest BCUT2D eigenvalue weighted by Gasteiger charge is -2.01. The van der Waals surface area contributed by atoms with Gasteiger partial charge in [0.25, 0.3) is 0 Å². The summed E-state index contributed by atoms with van der Waals surface area (Å²) in [6.07, 6.45) is 0. The SMILES string of the molecule is COc1ccc(F)c(-c2noc(CCl)n2)c1. The molecule has 0 atom stereocenters. The van der Waals surface area contributed by atoms with Gasteiger partial charge >= 0.3 is 0 Å². The van der Waals surface area contributed by atoms with Crippen molar-refractivity contribution in [1.29, 1.82) is 0 Å². The third kappa shape index (κ3) is 1.99. The number of nitrogens with zero attached hydrogens (tertiary/aromatic N) is 2. The van der Waals surface area contributed by atoms with Gasteiger partial charge in [-0.3, -0.25) is 0 Å². The van der Waals surface area contributed by atoms with Gasteiger partial charge in [0.1, 0.15) is 17.4 Å². The highest BCUT2D eigenvalue weighted by molar-refractivity contribution is 6.16. The summed E-state index contributed by atoms with van der Waals surface area (Å²) in [6.45, 7) is 0. The van der Waals surface area contributed by atoms with Gasteiger partial charge < -0.3 is 9.26 Å². The Morgan fingerprint density at radius 2 is 2.31 bits per heavy atom. The Kier molecular flexibility index (Phi) is 3.05. The van der Waals surface area contributed by atoms with Gasteiger partial charge in [-0.15, -0.1) is 11.6 Å². The Morgan fingerprint density at radius 1 is 1.50 bits per heavy atom. The van der Waals surface area contributed by atoms with Crippen molar-refractivity contribution in [3.63, 3.8) is 0 Å². The Labute approximate surface area is 96.0 Å². The van der Waals surface area contributed by atoms with Gasteiger partial charge in [-0.05, 0) is 18.2 Å². The minimum Gasteiger partial charge on any atom is -0.497 e. The van der Waals surface area contributed by atoms with Crippen LogP contribution in [-0.4, -0.2) is 17.3 Å². The lowest BCUT2D eigenvalue weighted by Crippen LogP contribution is -1.90. The fourth-order valence-corrected chi connectivity index (χ4v) is 1.33. The number of rotatable bonds is 3. The molecule has 0 fully saturated rings. The number of hydrogen-bond acceptors (Lipinski definition) is 4. The fourth-order valence-electron chi connectivity index (χ4n) is 1.22. The van der Waals surface area contributed by atoms with Crippen LogP contribution in [0.15, 0.2) is 22.7 Å². The molecular formula is C10H8ClFN2O2. The number of alkyl halides is 1. The average molecular weight is 243 g/mol. The van der Waals surface area contributed by atoms with E-state index in [9.17, 15) is 4.39 Å². The largest absolute Gasteiger partial charge is 0.497 e. The minimum absolute atomic E-state index is 0.0958. The van der Waals surface area contributed by atoms with Gasteiger partial charge in [-0.25, -0.2) is 4.39 Å². The minimum atomic E-state index is -0.442. The third-order valence-corrected chi connectivity index (χ3v) is 2.23. The van der Waals surface area contributed by atoms with E-state index in [2.05, 4.69) is 10.1 Å². The zero-order valence-electron chi connectivity index (χ0n) is 8.41. The normalized spacial score (nSPS) is 10.4. The molecule has 0 bridgehead atoms. The van der Waals surface area contributed by atoms with Gasteiger partial charge in [-0.2, -0.15) is 4.98 Å². The van der Waals surface area contributed by atoms with E-state index in [1.54, 1.807) is 0 Å². The molecule has 0 aliphatic carbocycles. The van der Waals surface area contributed by atoms with E-state index in [-0.39, 0.29) is 23.2 Å².